The Kier molecular flexibility index (Phi) is 4.72. The van der Waals surface area contributed by atoms with Gasteiger partial charge in [-0.1, -0.05) is 25.7 Å². The van der Waals surface area contributed by atoms with E-state index in [1.165, 1.54) is 12.3 Å². The average Bonchev–Trinajstić information content (AvgIpc) is 2.64. The van der Waals surface area contributed by atoms with Crippen molar-refractivity contribution in [1.29, 1.82) is 0 Å². The summed E-state index contributed by atoms with van der Waals surface area (Å²) in [5.74, 6) is -0.846. The van der Waals surface area contributed by atoms with Crippen molar-refractivity contribution >= 4 is 10.0 Å². The lowest BCUT2D eigenvalue weighted by Gasteiger charge is -2.32. The number of nitrogens with two attached hydrogens (primary N) is 1. The molecule has 0 atom stereocenters. The Bertz CT molecular complexity index is 554. The van der Waals surface area contributed by atoms with Crippen molar-refractivity contribution in [1.82, 2.24) is 9.71 Å². The standard InChI is InChI=1S/C13H20FN3O2S/c14-11-6-5-9-16-12(11)20(18,19)17-13(10-15)7-3-1-2-4-8-13/h5-6,9,17H,1-4,7-8,10,15H2. The third-order valence-electron chi connectivity index (χ3n) is 3.78. The third kappa shape index (κ3) is 3.34. The second-order valence-corrected chi connectivity index (χ2v) is 6.89. The lowest BCUT2D eigenvalue weighted by atomic mass is 9.92. The molecule has 1 saturated carbocycles. The summed E-state index contributed by atoms with van der Waals surface area (Å²) in [5.41, 5.74) is 5.11. The Morgan fingerprint density at radius 3 is 2.50 bits per heavy atom. The number of rotatable bonds is 4. The molecule has 7 heteroatoms. The molecule has 0 unspecified atom stereocenters. The summed E-state index contributed by atoms with van der Waals surface area (Å²) in [6, 6.07) is 2.45. The lowest BCUT2D eigenvalue weighted by molar-refractivity contribution is 0.341. The first-order valence-corrected chi connectivity index (χ1v) is 8.32. The molecule has 112 valence electrons. The first-order chi connectivity index (χ1) is 9.49. The van der Waals surface area contributed by atoms with E-state index in [-0.39, 0.29) is 6.54 Å². The normalized spacial score (nSPS) is 19.5. The van der Waals surface area contributed by atoms with Crippen molar-refractivity contribution in [3.05, 3.63) is 24.1 Å². The minimum absolute atomic E-state index is 0.209. The maximum atomic E-state index is 13.6. The van der Waals surface area contributed by atoms with Crippen molar-refractivity contribution in [2.75, 3.05) is 6.54 Å². The summed E-state index contributed by atoms with van der Waals surface area (Å²) in [7, 11) is -3.99. The van der Waals surface area contributed by atoms with Crippen LogP contribution in [-0.2, 0) is 10.0 Å². The Morgan fingerprint density at radius 1 is 1.30 bits per heavy atom. The van der Waals surface area contributed by atoms with Gasteiger partial charge in [-0.15, -0.1) is 0 Å². The van der Waals surface area contributed by atoms with Crippen molar-refractivity contribution in [3.8, 4) is 0 Å². The summed E-state index contributed by atoms with van der Waals surface area (Å²) in [6.07, 6.45) is 6.60. The fraction of sp³-hybridized carbons (Fsp3) is 0.615. The van der Waals surface area contributed by atoms with Gasteiger partial charge in [0.2, 0.25) is 5.03 Å². The van der Waals surface area contributed by atoms with Crippen LogP contribution < -0.4 is 10.5 Å². The number of hydrogen-bond donors (Lipinski definition) is 2. The lowest BCUT2D eigenvalue weighted by Crippen LogP contribution is -2.53. The molecule has 1 aliphatic carbocycles. The molecule has 0 bridgehead atoms. The van der Waals surface area contributed by atoms with E-state index < -0.39 is 26.4 Å². The number of sulfonamides is 1. The van der Waals surface area contributed by atoms with Gasteiger partial charge < -0.3 is 5.73 Å². The predicted molar refractivity (Wildman–Crippen MR) is 74.0 cm³/mol. The van der Waals surface area contributed by atoms with Crippen LogP contribution in [-0.4, -0.2) is 25.5 Å². The number of halogens is 1. The molecule has 0 radical (unpaired) electrons. The van der Waals surface area contributed by atoms with Gasteiger partial charge in [0.1, 0.15) is 0 Å². The molecule has 1 fully saturated rings. The van der Waals surface area contributed by atoms with Gasteiger partial charge in [0.05, 0.1) is 0 Å². The van der Waals surface area contributed by atoms with E-state index in [9.17, 15) is 12.8 Å². The molecule has 1 aromatic heterocycles. The maximum absolute atomic E-state index is 13.6. The van der Waals surface area contributed by atoms with Crippen LogP contribution in [0.1, 0.15) is 38.5 Å². The van der Waals surface area contributed by atoms with Crippen LogP contribution in [0.4, 0.5) is 4.39 Å². The van der Waals surface area contributed by atoms with Crippen molar-refractivity contribution in [3.63, 3.8) is 0 Å². The summed E-state index contributed by atoms with van der Waals surface area (Å²) >= 11 is 0. The van der Waals surface area contributed by atoms with Gasteiger partial charge in [0.25, 0.3) is 10.0 Å². The van der Waals surface area contributed by atoms with Crippen LogP contribution >= 0.6 is 0 Å². The van der Waals surface area contributed by atoms with E-state index in [4.69, 9.17) is 5.73 Å². The minimum atomic E-state index is -3.99. The molecule has 3 N–H and O–H groups in total. The molecule has 1 aliphatic rings. The van der Waals surface area contributed by atoms with Gasteiger partial charge in [-0.3, -0.25) is 0 Å². The van der Waals surface area contributed by atoms with Crippen LogP contribution in [0.2, 0.25) is 0 Å². The number of nitrogens with zero attached hydrogens (tertiary/aromatic N) is 1. The van der Waals surface area contributed by atoms with Crippen molar-refractivity contribution in [2.24, 2.45) is 5.73 Å². The monoisotopic (exact) mass is 301 g/mol. The molecule has 0 spiro atoms. The Hall–Kier alpha value is -1.05. The van der Waals surface area contributed by atoms with E-state index in [0.717, 1.165) is 31.7 Å². The Morgan fingerprint density at radius 2 is 1.95 bits per heavy atom. The molecule has 1 heterocycles. The first-order valence-electron chi connectivity index (χ1n) is 6.84. The highest BCUT2D eigenvalue weighted by atomic mass is 32.2. The Labute approximate surface area is 118 Å². The van der Waals surface area contributed by atoms with Crippen LogP contribution in [0, 0.1) is 5.82 Å². The predicted octanol–water partition coefficient (Wildman–Crippen LogP) is 1.55. The van der Waals surface area contributed by atoms with Gasteiger partial charge in [0.15, 0.2) is 5.82 Å². The van der Waals surface area contributed by atoms with E-state index in [2.05, 4.69) is 9.71 Å². The molecule has 0 saturated heterocycles. The highest BCUT2D eigenvalue weighted by Crippen LogP contribution is 2.28. The molecular formula is C13H20FN3O2S. The summed E-state index contributed by atoms with van der Waals surface area (Å²) < 4.78 is 40.9. The zero-order chi connectivity index (χ0) is 14.6. The largest absolute Gasteiger partial charge is 0.329 e. The molecule has 5 nitrogen and oxygen atoms in total. The molecule has 2 rings (SSSR count). The van der Waals surface area contributed by atoms with Gasteiger partial charge in [-0.25, -0.2) is 22.5 Å². The summed E-state index contributed by atoms with van der Waals surface area (Å²) in [5, 5.41) is -0.558. The molecular weight excluding hydrogens is 281 g/mol. The molecule has 0 amide bonds. The quantitative estimate of drug-likeness (QED) is 0.826. The van der Waals surface area contributed by atoms with Gasteiger partial charge in [0, 0.05) is 18.3 Å². The molecule has 0 aromatic carbocycles. The SMILES string of the molecule is NCC1(NS(=O)(=O)c2ncccc2F)CCCCCC1. The minimum Gasteiger partial charge on any atom is -0.329 e. The smallest absolute Gasteiger partial charge is 0.261 e. The highest BCUT2D eigenvalue weighted by molar-refractivity contribution is 7.89. The number of nitrogens with one attached hydrogen (secondary N) is 1. The van der Waals surface area contributed by atoms with Gasteiger partial charge in [-0.2, -0.15) is 0 Å². The first kappa shape index (κ1) is 15.3. The number of hydrogen-bond acceptors (Lipinski definition) is 4. The van der Waals surface area contributed by atoms with E-state index in [0.29, 0.717) is 12.8 Å². The van der Waals surface area contributed by atoms with E-state index in [1.807, 2.05) is 0 Å². The summed E-state index contributed by atoms with van der Waals surface area (Å²) in [4.78, 5) is 3.64. The van der Waals surface area contributed by atoms with Crippen molar-refractivity contribution in [2.45, 2.75) is 49.1 Å². The number of aromatic nitrogens is 1. The van der Waals surface area contributed by atoms with Gasteiger partial charge >= 0.3 is 0 Å². The Balaban J connectivity index is 2.28. The van der Waals surface area contributed by atoms with Crippen molar-refractivity contribution < 1.29 is 12.8 Å². The van der Waals surface area contributed by atoms with Crippen LogP contribution in [0.3, 0.4) is 0 Å². The molecule has 20 heavy (non-hydrogen) atoms. The second-order valence-electron chi connectivity index (χ2n) is 5.29. The number of pyridine rings is 1. The molecule has 1 aromatic rings. The fourth-order valence-electron chi connectivity index (χ4n) is 2.66. The maximum Gasteiger partial charge on any atom is 0.261 e. The average molecular weight is 301 g/mol. The third-order valence-corrected chi connectivity index (χ3v) is 5.29. The van der Waals surface area contributed by atoms with Gasteiger partial charge in [-0.05, 0) is 25.0 Å². The van der Waals surface area contributed by atoms with E-state index in [1.54, 1.807) is 0 Å². The topological polar surface area (TPSA) is 85.1 Å². The molecule has 0 aliphatic heterocycles. The second kappa shape index (κ2) is 6.15. The van der Waals surface area contributed by atoms with Crippen LogP contribution in [0.5, 0.6) is 0 Å². The van der Waals surface area contributed by atoms with Crippen LogP contribution in [0.25, 0.3) is 0 Å². The summed E-state index contributed by atoms with van der Waals surface area (Å²) in [6.45, 7) is 0.209. The van der Waals surface area contributed by atoms with Crippen LogP contribution in [0.15, 0.2) is 23.4 Å². The highest BCUT2D eigenvalue weighted by Gasteiger charge is 2.35. The fourth-order valence-corrected chi connectivity index (χ4v) is 4.13. The zero-order valence-corrected chi connectivity index (χ0v) is 12.1. The van der Waals surface area contributed by atoms with E-state index >= 15 is 0 Å². The zero-order valence-electron chi connectivity index (χ0n) is 11.3.